The van der Waals surface area contributed by atoms with Crippen molar-refractivity contribution < 1.29 is 9.53 Å². The number of rotatable bonds is 9. The molecule has 0 spiro atoms. The molecule has 1 saturated heterocycles. The molecule has 9 nitrogen and oxygen atoms in total. The van der Waals surface area contributed by atoms with E-state index < -0.39 is 0 Å². The second-order valence-electron chi connectivity index (χ2n) is 12.4. The highest BCUT2D eigenvalue weighted by molar-refractivity contribution is 5.87. The molecule has 2 aliphatic heterocycles. The van der Waals surface area contributed by atoms with Gasteiger partial charge >= 0.3 is 6.01 Å². The third kappa shape index (κ3) is 6.03. The Labute approximate surface area is 244 Å². The van der Waals surface area contributed by atoms with E-state index in [1.807, 2.05) is 0 Å². The number of carbonyl (C=O) groups excluding carboxylic acids is 1. The number of aromatic nitrogens is 2. The highest BCUT2D eigenvalue weighted by Gasteiger charge is 2.44. The highest BCUT2D eigenvalue weighted by Crippen LogP contribution is 2.46. The molecule has 1 aromatic carbocycles. The van der Waals surface area contributed by atoms with Gasteiger partial charge in [-0.1, -0.05) is 18.7 Å². The minimum Gasteiger partial charge on any atom is -0.463 e. The van der Waals surface area contributed by atoms with Gasteiger partial charge in [0.15, 0.2) is 0 Å². The zero-order chi connectivity index (χ0) is 29.3. The highest BCUT2D eigenvalue weighted by atomic mass is 16.5. The van der Waals surface area contributed by atoms with Gasteiger partial charge in [-0.2, -0.15) is 15.2 Å². The Morgan fingerprint density at radius 2 is 2.05 bits per heavy atom. The molecule has 9 heteroatoms. The van der Waals surface area contributed by atoms with Crippen molar-refractivity contribution in [2.45, 2.75) is 65.1 Å². The average molecular weight is 558 g/mol. The number of ether oxygens (including phenoxy) is 1. The van der Waals surface area contributed by atoms with Gasteiger partial charge in [0.25, 0.3) is 0 Å². The van der Waals surface area contributed by atoms with E-state index in [2.05, 4.69) is 80.4 Å². The topological polar surface area (TPSA) is 88.8 Å². The van der Waals surface area contributed by atoms with Gasteiger partial charge in [0, 0.05) is 48.9 Å². The maximum atomic E-state index is 12.5. The van der Waals surface area contributed by atoms with E-state index in [9.17, 15) is 10.1 Å². The average Bonchev–Trinajstić information content (AvgIpc) is 3.71. The van der Waals surface area contributed by atoms with Gasteiger partial charge in [-0.3, -0.25) is 4.79 Å². The Morgan fingerprint density at radius 3 is 2.73 bits per heavy atom. The smallest absolute Gasteiger partial charge is 0.318 e. The standard InChI is InChI=1S/C32H43N7O2/c1-7-29(40)38-16-15-37(18-25(38)11-14-33)30-26-17-23(3)39(28-10-8-9-22(2)24(28)4)19-27(26)34-31(35-30)41-21-32(12-13-32)20-36(5)6/h7-10,23,25H,1,11-13,15-21H2,2-6H3/t23-,25?/m1/s1. The summed E-state index contributed by atoms with van der Waals surface area (Å²) in [5.41, 5.74) is 6.09. The molecule has 0 radical (unpaired) electrons. The minimum atomic E-state index is -0.225. The summed E-state index contributed by atoms with van der Waals surface area (Å²) in [6, 6.07) is 9.19. The van der Waals surface area contributed by atoms with Crippen LogP contribution in [0.5, 0.6) is 6.01 Å². The molecule has 1 saturated carbocycles. The Balaban J connectivity index is 1.49. The van der Waals surface area contributed by atoms with E-state index >= 15 is 0 Å². The molecule has 1 amide bonds. The summed E-state index contributed by atoms with van der Waals surface area (Å²) in [4.78, 5) is 31.2. The number of aryl methyl sites for hydroxylation is 1. The van der Waals surface area contributed by atoms with Gasteiger partial charge in [-0.25, -0.2) is 0 Å². The van der Waals surface area contributed by atoms with Crippen LogP contribution in [0.15, 0.2) is 30.9 Å². The Bertz CT molecular complexity index is 1350. The Kier molecular flexibility index (Phi) is 8.23. The van der Waals surface area contributed by atoms with Crippen molar-refractivity contribution in [3.05, 3.63) is 53.2 Å². The summed E-state index contributed by atoms with van der Waals surface area (Å²) in [6.07, 6.45) is 4.70. The molecule has 2 fully saturated rings. The number of piperazine rings is 1. The molecular formula is C32H43N7O2. The zero-order valence-electron chi connectivity index (χ0n) is 25.2. The molecule has 2 aromatic rings. The number of hydrogen-bond acceptors (Lipinski definition) is 8. The van der Waals surface area contributed by atoms with Crippen molar-refractivity contribution in [2.24, 2.45) is 5.41 Å². The van der Waals surface area contributed by atoms with E-state index in [1.165, 1.54) is 22.9 Å². The second kappa shape index (κ2) is 11.7. The van der Waals surface area contributed by atoms with Crippen LogP contribution in [0.4, 0.5) is 11.5 Å². The number of nitriles is 1. The zero-order valence-corrected chi connectivity index (χ0v) is 25.2. The first-order chi connectivity index (χ1) is 19.6. The fraction of sp³-hybridized carbons (Fsp3) is 0.562. The van der Waals surface area contributed by atoms with Crippen LogP contribution in [0.2, 0.25) is 0 Å². The number of anilines is 2. The van der Waals surface area contributed by atoms with Crippen molar-refractivity contribution in [1.29, 1.82) is 5.26 Å². The summed E-state index contributed by atoms with van der Waals surface area (Å²) in [5, 5.41) is 9.53. The summed E-state index contributed by atoms with van der Waals surface area (Å²) in [6.45, 7) is 14.2. The van der Waals surface area contributed by atoms with Crippen molar-refractivity contribution >= 4 is 17.4 Å². The van der Waals surface area contributed by atoms with E-state index in [0.29, 0.717) is 38.8 Å². The fourth-order valence-corrected chi connectivity index (χ4v) is 6.40. The predicted octanol–water partition coefficient (Wildman–Crippen LogP) is 3.88. The molecule has 3 aliphatic rings. The minimum absolute atomic E-state index is 0.132. The summed E-state index contributed by atoms with van der Waals surface area (Å²) in [7, 11) is 4.20. The number of amides is 1. The lowest BCUT2D eigenvalue weighted by atomic mass is 9.95. The normalized spacial score (nSPS) is 21.3. The number of fused-ring (bicyclic) bond motifs is 1. The van der Waals surface area contributed by atoms with E-state index in [-0.39, 0.29) is 29.8 Å². The molecule has 0 N–H and O–H groups in total. The van der Waals surface area contributed by atoms with Gasteiger partial charge in [-0.15, -0.1) is 0 Å². The quantitative estimate of drug-likeness (QED) is 0.429. The maximum Gasteiger partial charge on any atom is 0.318 e. The molecule has 41 heavy (non-hydrogen) atoms. The van der Waals surface area contributed by atoms with E-state index in [0.717, 1.165) is 42.9 Å². The van der Waals surface area contributed by atoms with E-state index in [1.54, 1.807) is 4.90 Å². The molecule has 1 unspecified atom stereocenters. The third-order valence-electron chi connectivity index (χ3n) is 8.97. The summed E-state index contributed by atoms with van der Waals surface area (Å²) >= 11 is 0. The summed E-state index contributed by atoms with van der Waals surface area (Å²) < 4.78 is 6.37. The van der Waals surface area contributed by atoms with Crippen molar-refractivity contribution in [1.82, 2.24) is 19.8 Å². The van der Waals surface area contributed by atoms with Gasteiger partial charge in [0.1, 0.15) is 5.82 Å². The van der Waals surface area contributed by atoms with Gasteiger partial charge in [0.05, 0.1) is 37.4 Å². The Morgan fingerprint density at radius 1 is 1.27 bits per heavy atom. The predicted molar refractivity (Wildman–Crippen MR) is 161 cm³/mol. The van der Waals surface area contributed by atoms with Crippen LogP contribution < -0.4 is 14.5 Å². The van der Waals surface area contributed by atoms with Crippen molar-refractivity contribution in [2.75, 3.05) is 56.7 Å². The fourth-order valence-electron chi connectivity index (χ4n) is 6.40. The van der Waals surface area contributed by atoms with Gasteiger partial charge < -0.3 is 24.3 Å². The molecule has 1 aliphatic carbocycles. The van der Waals surface area contributed by atoms with Crippen LogP contribution in [0.25, 0.3) is 0 Å². The molecule has 0 bridgehead atoms. The first kappa shape index (κ1) is 28.9. The van der Waals surface area contributed by atoms with Crippen LogP contribution in [0.3, 0.4) is 0 Å². The monoisotopic (exact) mass is 557 g/mol. The lowest BCUT2D eigenvalue weighted by molar-refractivity contribution is -0.128. The van der Waals surface area contributed by atoms with Crippen LogP contribution in [-0.2, 0) is 17.8 Å². The van der Waals surface area contributed by atoms with Crippen molar-refractivity contribution in [3.8, 4) is 12.1 Å². The van der Waals surface area contributed by atoms with Gasteiger partial charge in [0.2, 0.25) is 5.91 Å². The molecule has 218 valence electrons. The number of nitrogens with zero attached hydrogens (tertiary/aromatic N) is 7. The molecule has 3 heterocycles. The van der Waals surface area contributed by atoms with Crippen LogP contribution in [0, 0.1) is 30.6 Å². The van der Waals surface area contributed by atoms with Crippen LogP contribution >= 0.6 is 0 Å². The lowest BCUT2D eigenvalue weighted by Crippen LogP contribution is -2.55. The Hall–Kier alpha value is -3.64. The number of hydrogen-bond donors (Lipinski definition) is 0. The van der Waals surface area contributed by atoms with Crippen molar-refractivity contribution in [3.63, 3.8) is 0 Å². The van der Waals surface area contributed by atoms with Gasteiger partial charge in [-0.05, 0) is 77.4 Å². The lowest BCUT2D eigenvalue weighted by Gasteiger charge is -2.43. The molecular weight excluding hydrogens is 514 g/mol. The maximum absolute atomic E-state index is 12.5. The number of benzene rings is 1. The first-order valence-corrected chi connectivity index (χ1v) is 14.7. The molecule has 5 rings (SSSR count). The third-order valence-corrected chi connectivity index (χ3v) is 8.97. The van der Waals surface area contributed by atoms with Crippen LogP contribution in [0.1, 0.15) is 48.6 Å². The number of carbonyl (C=O) groups is 1. The molecule has 2 atom stereocenters. The van der Waals surface area contributed by atoms with Crippen LogP contribution in [-0.4, -0.2) is 84.6 Å². The second-order valence-corrected chi connectivity index (χ2v) is 12.4. The molecule has 1 aromatic heterocycles. The largest absolute Gasteiger partial charge is 0.463 e. The van der Waals surface area contributed by atoms with E-state index in [4.69, 9.17) is 14.7 Å². The first-order valence-electron chi connectivity index (χ1n) is 14.7. The summed E-state index contributed by atoms with van der Waals surface area (Å²) in [5.74, 6) is 0.746. The SMILES string of the molecule is C=CC(=O)N1CCN(c2nc(OCC3(CN(C)C)CC3)nc3c2C[C@@H](C)N(c2cccc(C)c2C)C3)CC1CC#N.